The number of carbonyl (C=O) groups is 3. The zero-order valence-corrected chi connectivity index (χ0v) is 24.7. The maximum atomic E-state index is 14.2. The van der Waals surface area contributed by atoms with Crippen LogP contribution >= 0.6 is 0 Å². The van der Waals surface area contributed by atoms with E-state index < -0.39 is 59.9 Å². The summed E-state index contributed by atoms with van der Waals surface area (Å²) in [6, 6.07) is 8.75. The molecule has 1 saturated heterocycles. The smallest absolute Gasteiger partial charge is 0.486 e. The summed E-state index contributed by atoms with van der Waals surface area (Å²) in [6.07, 6.45) is -6.91. The van der Waals surface area contributed by atoms with Crippen molar-refractivity contribution in [3.63, 3.8) is 0 Å². The van der Waals surface area contributed by atoms with Gasteiger partial charge >= 0.3 is 12.3 Å². The lowest BCUT2D eigenvalue weighted by molar-refractivity contribution is -0.274. The first-order valence-electron chi connectivity index (χ1n) is 14.5. The van der Waals surface area contributed by atoms with E-state index in [1.54, 1.807) is 18.2 Å². The fraction of sp³-hybridized carbons (Fsp3) is 0.516. The molecule has 44 heavy (non-hydrogen) atoms. The highest BCUT2D eigenvalue weighted by Gasteiger charge is 2.42. The molecule has 1 N–H and O–H groups in total. The van der Waals surface area contributed by atoms with Crippen LogP contribution in [0.1, 0.15) is 57.3 Å². The molecule has 10 nitrogen and oxygen atoms in total. The number of ether oxygens (including phenoxy) is 4. The first kappa shape index (κ1) is 31.4. The molecule has 0 saturated carbocycles. The summed E-state index contributed by atoms with van der Waals surface area (Å²) in [6.45, 7) is 6.75. The zero-order valence-electron chi connectivity index (χ0n) is 24.7. The van der Waals surface area contributed by atoms with E-state index >= 15 is 0 Å². The van der Waals surface area contributed by atoms with Crippen LogP contribution in [-0.4, -0.2) is 73.1 Å². The molecule has 5 rings (SSSR count). The lowest BCUT2D eigenvalue weighted by Crippen LogP contribution is -2.47. The van der Waals surface area contributed by atoms with E-state index in [1.807, 2.05) is 20.8 Å². The SMILES string of the molecule is CC(C)(C)CN1C(=O)[C@H](CC(=O)N2CCCC(C(=O)O)C2)O[C@@H](c2cccc3c2OCCO3)c2cc(OC(F)(F)F)ccc21. The normalized spacial score (nSPS) is 22.2. The van der Waals surface area contributed by atoms with E-state index in [1.165, 1.54) is 21.9 Å². The van der Waals surface area contributed by atoms with Gasteiger partial charge in [0.15, 0.2) is 11.5 Å². The predicted molar refractivity (Wildman–Crippen MR) is 151 cm³/mol. The summed E-state index contributed by atoms with van der Waals surface area (Å²) in [5, 5.41) is 9.51. The van der Waals surface area contributed by atoms with Crippen molar-refractivity contribution in [1.82, 2.24) is 4.90 Å². The second-order valence-corrected chi connectivity index (χ2v) is 12.4. The fourth-order valence-corrected chi connectivity index (χ4v) is 5.78. The first-order chi connectivity index (χ1) is 20.7. The van der Waals surface area contributed by atoms with Crippen LogP contribution in [0.25, 0.3) is 0 Å². The maximum Gasteiger partial charge on any atom is 0.573 e. The Hall–Kier alpha value is -4.00. The average Bonchev–Trinajstić information content (AvgIpc) is 3.05. The Morgan fingerprint density at radius 1 is 1.07 bits per heavy atom. The number of halogens is 3. The molecule has 0 aliphatic carbocycles. The van der Waals surface area contributed by atoms with Gasteiger partial charge in [-0.2, -0.15) is 0 Å². The Morgan fingerprint density at radius 2 is 1.82 bits per heavy atom. The topological polar surface area (TPSA) is 115 Å². The van der Waals surface area contributed by atoms with E-state index in [0.29, 0.717) is 48.7 Å². The number of hydrogen-bond acceptors (Lipinski definition) is 7. The van der Waals surface area contributed by atoms with Gasteiger partial charge in [0.2, 0.25) is 5.91 Å². The first-order valence-corrected chi connectivity index (χ1v) is 14.5. The third kappa shape index (κ3) is 7.03. The number of amides is 2. The second-order valence-electron chi connectivity index (χ2n) is 12.4. The number of benzene rings is 2. The van der Waals surface area contributed by atoms with Gasteiger partial charge in [0, 0.05) is 30.8 Å². The van der Waals surface area contributed by atoms with Crippen molar-refractivity contribution in [2.75, 3.05) is 37.7 Å². The van der Waals surface area contributed by atoms with Gasteiger partial charge in [0.1, 0.15) is 31.2 Å². The summed E-state index contributed by atoms with van der Waals surface area (Å²) < 4.78 is 62.2. The van der Waals surface area contributed by atoms with Crippen LogP contribution in [0, 0.1) is 11.3 Å². The van der Waals surface area contributed by atoms with E-state index in [4.69, 9.17) is 14.2 Å². The highest BCUT2D eigenvalue weighted by molar-refractivity contribution is 6.00. The number of aliphatic carboxylic acids is 1. The lowest BCUT2D eigenvalue weighted by atomic mass is 9.93. The standard InChI is InChI=1S/C31H35F3N2O8/c1-30(2,3)17-36-22-10-9-19(44-31(32,33)34)14-21(22)26(20-7-4-8-23-27(20)42-13-12-41-23)43-24(28(36)38)15-25(37)35-11-5-6-18(16-35)29(39)40/h4,7-10,14,18,24,26H,5-6,11-13,15-17H2,1-3H3,(H,39,40)/t18?,24-,26-/m0/s1. The number of carboxylic acids is 1. The lowest BCUT2D eigenvalue weighted by Gasteiger charge is -2.33. The van der Waals surface area contributed by atoms with E-state index in [-0.39, 0.29) is 25.3 Å². The van der Waals surface area contributed by atoms with E-state index in [2.05, 4.69) is 4.74 Å². The number of alkyl halides is 3. The molecule has 238 valence electrons. The van der Waals surface area contributed by atoms with Gasteiger partial charge in [0.25, 0.3) is 5.91 Å². The highest BCUT2D eigenvalue weighted by Crippen LogP contribution is 2.47. The molecule has 13 heteroatoms. The van der Waals surface area contributed by atoms with Gasteiger partial charge in [0.05, 0.1) is 18.0 Å². The average molecular weight is 621 g/mol. The Kier molecular flexibility index (Phi) is 8.70. The summed E-state index contributed by atoms with van der Waals surface area (Å²) >= 11 is 0. The molecular formula is C31H35F3N2O8. The summed E-state index contributed by atoms with van der Waals surface area (Å²) in [4.78, 5) is 42.2. The number of carbonyl (C=O) groups excluding carboxylic acids is 2. The van der Waals surface area contributed by atoms with Crippen LogP contribution in [0.4, 0.5) is 18.9 Å². The Labute approximate surface area is 252 Å². The Bertz CT molecular complexity index is 1420. The summed E-state index contributed by atoms with van der Waals surface area (Å²) in [5.74, 6) is -2.49. The number of para-hydroxylation sites is 1. The molecule has 3 aliphatic heterocycles. The van der Waals surface area contributed by atoms with E-state index in [9.17, 15) is 32.7 Å². The minimum atomic E-state index is -4.96. The molecule has 1 fully saturated rings. The van der Waals surface area contributed by atoms with Gasteiger partial charge in [-0.05, 0) is 42.5 Å². The number of fused-ring (bicyclic) bond motifs is 2. The van der Waals surface area contributed by atoms with Gasteiger partial charge in [-0.15, -0.1) is 13.2 Å². The molecule has 0 bridgehead atoms. The minimum Gasteiger partial charge on any atom is -0.486 e. The van der Waals surface area contributed by atoms with Crippen molar-refractivity contribution in [2.24, 2.45) is 11.3 Å². The van der Waals surface area contributed by atoms with Crippen molar-refractivity contribution < 1.29 is 51.6 Å². The third-order valence-corrected chi connectivity index (χ3v) is 7.64. The molecule has 3 aliphatic rings. The molecule has 2 aromatic carbocycles. The van der Waals surface area contributed by atoms with Crippen LogP contribution in [0.5, 0.6) is 17.2 Å². The summed E-state index contributed by atoms with van der Waals surface area (Å²) in [5.41, 5.74) is 0.468. The van der Waals surface area contributed by atoms with Crippen molar-refractivity contribution in [3.05, 3.63) is 47.5 Å². The van der Waals surface area contributed by atoms with Gasteiger partial charge < -0.3 is 33.9 Å². The van der Waals surface area contributed by atoms with Crippen molar-refractivity contribution in [2.45, 2.75) is 58.6 Å². The number of piperidine rings is 1. The zero-order chi connectivity index (χ0) is 31.8. The van der Waals surface area contributed by atoms with E-state index in [0.717, 1.165) is 6.07 Å². The van der Waals surface area contributed by atoms with Gasteiger partial charge in [-0.3, -0.25) is 14.4 Å². The second kappa shape index (κ2) is 12.2. The van der Waals surface area contributed by atoms with Crippen LogP contribution in [-0.2, 0) is 19.1 Å². The predicted octanol–water partition coefficient (Wildman–Crippen LogP) is 4.94. The quantitative estimate of drug-likeness (QED) is 0.483. The molecule has 2 aromatic rings. The largest absolute Gasteiger partial charge is 0.573 e. The molecule has 3 heterocycles. The molecule has 2 amide bonds. The molecule has 0 spiro atoms. The Morgan fingerprint density at radius 3 is 2.52 bits per heavy atom. The summed E-state index contributed by atoms with van der Waals surface area (Å²) in [7, 11) is 0. The van der Waals surface area contributed by atoms with Gasteiger partial charge in [-0.25, -0.2) is 0 Å². The number of carboxylic acid groups (broad SMARTS) is 1. The number of rotatable bonds is 6. The van der Waals surface area contributed by atoms with Crippen LogP contribution < -0.4 is 19.1 Å². The van der Waals surface area contributed by atoms with Gasteiger partial charge in [-0.1, -0.05) is 32.9 Å². The number of anilines is 1. The molecule has 3 atom stereocenters. The van der Waals surface area contributed by atoms with Crippen molar-refractivity contribution in [3.8, 4) is 17.2 Å². The fourth-order valence-electron chi connectivity index (χ4n) is 5.78. The number of likely N-dealkylation sites (tertiary alicyclic amines) is 1. The number of nitrogens with zero attached hydrogens (tertiary/aromatic N) is 2. The third-order valence-electron chi connectivity index (χ3n) is 7.64. The molecular weight excluding hydrogens is 585 g/mol. The maximum absolute atomic E-state index is 14.2. The minimum absolute atomic E-state index is 0.0138. The van der Waals surface area contributed by atoms with Crippen LogP contribution in [0.2, 0.25) is 0 Å². The molecule has 1 unspecified atom stereocenters. The van der Waals surface area contributed by atoms with Crippen LogP contribution in [0.15, 0.2) is 36.4 Å². The molecule has 0 radical (unpaired) electrons. The van der Waals surface area contributed by atoms with Crippen molar-refractivity contribution in [1.29, 1.82) is 0 Å². The highest BCUT2D eigenvalue weighted by atomic mass is 19.4. The number of hydrogen-bond donors (Lipinski definition) is 1. The monoisotopic (exact) mass is 620 g/mol. The van der Waals surface area contributed by atoms with Crippen molar-refractivity contribution >= 4 is 23.5 Å². The Balaban J connectivity index is 1.60. The van der Waals surface area contributed by atoms with Crippen LogP contribution in [0.3, 0.4) is 0 Å². The molecule has 0 aromatic heterocycles.